The quantitative estimate of drug-likeness (QED) is 0.175. The minimum Gasteiger partial charge on any atom is -0.457 e. The molecule has 0 aliphatic carbocycles. The van der Waals surface area contributed by atoms with E-state index >= 15 is 0 Å². The summed E-state index contributed by atoms with van der Waals surface area (Å²) in [6, 6.07) is 22.5. The fourth-order valence-electron chi connectivity index (χ4n) is 6.23. The van der Waals surface area contributed by atoms with Gasteiger partial charge in [-0.25, -0.2) is 9.80 Å². The molecule has 6 rings (SSSR count). The smallest absolute Gasteiger partial charge is 0.258 e. The van der Waals surface area contributed by atoms with E-state index in [0.717, 1.165) is 50.0 Å². The number of hydrogen-bond donors (Lipinski definition) is 0. The Morgan fingerprint density at radius 1 is 0.511 bits per heavy atom. The van der Waals surface area contributed by atoms with Crippen LogP contribution in [0.5, 0.6) is 23.0 Å². The number of aryl methyl sites for hydroxylation is 4. The van der Waals surface area contributed by atoms with Gasteiger partial charge in [-0.1, -0.05) is 31.2 Å². The molecule has 4 aromatic rings. The molecule has 2 aliphatic heterocycles. The summed E-state index contributed by atoms with van der Waals surface area (Å²) >= 11 is 0. The van der Waals surface area contributed by atoms with E-state index in [1.54, 1.807) is 48.5 Å². The van der Waals surface area contributed by atoms with Gasteiger partial charge in [0.25, 0.3) is 23.6 Å². The van der Waals surface area contributed by atoms with Crippen molar-refractivity contribution in [2.75, 3.05) is 9.80 Å². The summed E-state index contributed by atoms with van der Waals surface area (Å²) < 4.78 is 12.6. The van der Waals surface area contributed by atoms with E-state index in [4.69, 9.17) is 9.47 Å². The van der Waals surface area contributed by atoms with Crippen LogP contribution in [0.25, 0.3) is 0 Å². The topological polar surface area (TPSA) is 93.2 Å². The Morgan fingerprint density at radius 2 is 0.809 bits per heavy atom. The van der Waals surface area contributed by atoms with E-state index in [-0.39, 0.29) is 29.5 Å². The molecular weight excluding hydrogens is 592 g/mol. The third kappa shape index (κ3) is 6.10. The summed E-state index contributed by atoms with van der Waals surface area (Å²) in [7, 11) is 0. The molecule has 236 valence electrons. The first-order valence-electron chi connectivity index (χ1n) is 15.4. The predicted molar refractivity (Wildman–Crippen MR) is 180 cm³/mol. The highest BCUT2D eigenvalue weighted by Gasteiger charge is 2.26. The number of carbonyl (C=O) groups is 4. The van der Waals surface area contributed by atoms with Crippen LogP contribution in [0.3, 0.4) is 0 Å². The van der Waals surface area contributed by atoms with E-state index in [1.807, 2.05) is 27.7 Å². The average Bonchev–Trinajstić information content (AvgIpc) is 3.56. The monoisotopic (exact) mass is 626 g/mol. The molecule has 4 aromatic carbocycles. The lowest BCUT2D eigenvalue weighted by molar-refractivity contribution is -0.121. The number of rotatable bonds is 9. The predicted octanol–water partition coefficient (Wildman–Crippen LogP) is 7.91. The van der Waals surface area contributed by atoms with Gasteiger partial charge in [-0.05, 0) is 116 Å². The third-order valence-corrected chi connectivity index (χ3v) is 8.43. The van der Waals surface area contributed by atoms with Crippen molar-refractivity contribution >= 4 is 35.0 Å². The maximum atomic E-state index is 12.0. The van der Waals surface area contributed by atoms with Crippen molar-refractivity contribution in [3.63, 3.8) is 0 Å². The zero-order valence-electron chi connectivity index (χ0n) is 26.9. The Balaban J connectivity index is 1.19. The molecule has 2 heterocycles. The zero-order chi connectivity index (χ0) is 33.4. The molecule has 8 heteroatoms. The molecule has 47 heavy (non-hydrogen) atoms. The molecule has 8 nitrogen and oxygen atoms in total. The van der Waals surface area contributed by atoms with Gasteiger partial charge >= 0.3 is 0 Å². The van der Waals surface area contributed by atoms with Crippen LogP contribution < -0.4 is 19.3 Å². The number of amides is 4. The van der Waals surface area contributed by atoms with Gasteiger partial charge in [0, 0.05) is 30.2 Å². The zero-order valence-corrected chi connectivity index (χ0v) is 26.9. The van der Waals surface area contributed by atoms with E-state index < -0.39 is 0 Å². The van der Waals surface area contributed by atoms with Gasteiger partial charge in [-0.15, -0.1) is 0 Å². The van der Waals surface area contributed by atoms with Gasteiger partial charge in [0.15, 0.2) is 0 Å². The van der Waals surface area contributed by atoms with Crippen LogP contribution in [0.2, 0.25) is 0 Å². The van der Waals surface area contributed by atoms with Crippen molar-refractivity contribution in [3.8, 4) is 23.0 Å². The molecule has 0 saturated carbocycles. The summed E-state index contributed by atoms with van der Waals surface area (Å²) in [4.78, 5) is 50.3. The number of benzene rings is 4. The van der Waals surface area contributed by atoms with Crippen molar-refractivity contribution in [3.05, 3.63) is 130 Å². The fourth-order valence-corrected chi connectivity index (χ4v) is 6.23. The van der Waals surface area contributed by atoms with Crippen molar-refractivity contribution in [1.82, 2.24) is 0 Å². The van der Waals surface area contributed by atoms with Gasteiger partial charge in [-0.2, -0.15) is 0 Å². The van der Waals surface area contributed by atoms with Crippen molar-refractivity contribution in [2.24, 2.45) is 0 Å². The van der Waals surface area contributed by atoms with Crippen molar-refractivity contribution in [1.29, 1.82) is 0 Å². The molecule has 0 bridgehead atoms. The lowest BCUT2D eigenvalue weighted by atomic mass is 9.85. The van der Waals surface area contributed by atoms with Crippen LogP contribution in [0.15, 0.2) is 97.1 Å². The van der Waals surface area contributed by atoms with E-state index in [2.05, 4.69) is 31.2 Å². The Hall–Kier alpha value is -5.76. The molecular formula is C39H34N2O6. The minimum absolute atomic E-state index is 0.153. The standard InChI is InChI=1S/C39H34N2O6/c1-6-33(27-19-23(2)38(24(3)20-27)46-31-11-7-29(8-12-31)40-34(42)15-16-35(40)43)28-21-25(4)39(26(5)22-28)47-32-13-9-30(10-14-32)41-36(44)17-18-37(41)45/h7-22,33H,6H2,1-5H3. The summed E-state index contributed by atoms with van der Waals surface area (Å²) in [5.74, 6) is 1.48. The first kappa shape index (κ1) is 31.2. The number of anilines is 2. The SMILES string of the molecule is CCC(c1cc(C)c(Oc2ccc(N3C(=O)C=CC3=O)cc2)c(C)c1)c1cc(C)c(Oc2ccc(N3C(=O)C=CC3=O)cc2)c(C)c1. The number of imide groups is 2. The van der Waals surface area contributed by atoms with Crippen LogP contribution in [0.4, 0.5) is 11.4 Å². The number of ether oxygens (including phenoxy) is 2. The number of hydrogen-bond acceptors (Lipinski definition) is 6. The van der Waals surface area contributed by atoms with Crippen LogP contribution >= 0.6 is 0 Å². The van der Waals surface area contributed by atoms with Gasteiger partial charge < -0.3 is 9.47 Å². The first-order valence-corrected chi connectivity index (χ1v) is 15.4. The normalized spacial score (nSPS) is 14.3. The van der Waals surface area contributed by atoms with Crippen LogP contribution in [-0.4, -0.2) is 23.6 Å². The highest BCUT2D eigenvalue weighted by Crippen LogP contribution is 2.39. The molecule has 0 aromatic heterocycles. The molecule has 0 saturated heterocycles. The third-order valence-electron chi connectivity index (χ3n) is 8.43. The number of carbonyl (C=O) groups excluding carboxylic acids is 4. The lowest BCUT2D eigenvalue weighted by Crippen LogP contribution is -2.29. The molecule has 0 atom stereocenters. The van der Waals surface area contributed by atoms with E-state index in [0.29, 0.717) is 22.9 Å². The summed E-state index contributed by atoms with van der Waals surface area (Å²) in [5, 5.41) is 0. The van der Waals surface area contributed by atoms with Crippen LogP contribution in [-0.2, 0) is 19.2 Å². The second-order valence-corrected chi connectivity index (χ2v) is 11.8. The molecule has 0 N–H and O–H groups in total. The highest BCUT2D eigenvalue weighted by atomic mass is 16.5. The minimum atomic E-state index is -0.357. The molecule has 0 unspecified atom stereocenters. The van der Waals surface area contributed by atoms with Gasteiger partial charge in [0.2, 0.25) is 0 Å². The van der Waals surface area contributed by atoms with Gasteiger partial charge in [0.1, 0.15) is 23.0 Å². The van der Waals surface area contributed by atoms with Crippen LogP contribution in [0, 0.1) is 27.7 Å². The second-order valence-electron chi connectivity index (χ2n) is 11.8. The van der Waals surface area contributed by atoms with Crippen molar-refractivity contribution < 1.29 is 28.7 Å². The number of nitrogens with zero attached hydrogens (tertiary/aromatic N) is 2. The molecule has 4 amide bonds. The summed E-state index contributed by atoms with van der Waals surface area (Å²) in [6.07, 6.45) is 5.95. The average molecular weight is 627 g/mol. The van der Waals surface area contributed by atoms with E-state index in [1.165, 1.54) is 35.4 Å². The maximum absolute atomic E-state index is 12.0. The molecule has 2 aliphatic rings. The summed E-state index contributed by atoms with van der Waals surface area (Å²) in [6.45, 7) is 10.3. The fraction of sp³-hybridized carbons (Fsp3) is 0.179. The Morgan fingerprint density at radius 3 is 1.09 bits per heavy atom. The molecule has 0 spiro atoms. The lowest BCUT2D eigenvalue weighted by Gasteiger charge is -2.22. The molecule has 0 radical (unpaired) electrons. The van der Waals surface area contributed by atoms with Crippen molar-refractivity contribution in [2.45, 2.75) is 47.0 Å². The largest absolute Gasteiger partial charge is 0.457 e. The maximum Gasteiger partial charge on any atom is 0.258 e. The van der Waals surface area contributed by atoms with Gasteiger partial charge in [0.05, 0.1) is 11.4 Å². The van der Waals surface area contributed by atoms with Gasteiger partial charge in [-0.3, -0.25) is 19.2 Å². The molecule has 0 fully saturated rings. The Labute approximate surface area is 273 Å². The van der Waals surface area contributed by atoms with Crippen LogP contribution in [0.1, 0.15) is 52.6 Å². The first-order chi connectivity index (χ1) is 22.5. The van der Waals surface area contributed by atoms with E-state index in [9.17, 15) is 19.2 Å². The summed E-state index contributed by atoms with van der Waals surface area (Å²) in [5.41, 5.74) is 7.38. The second kappa shape index (κ2) is 12.6. The Kier molecular flexibility index (Phi) is 8.35. The Bertz CT molecular complexity index is 1760. The highest BCUT2D eigenvalue weighted by molar-refractivity contribution is 6.28.